The number of nitrogens with zero attached hydrogens (tertiary/aromatic N) is 1. The molecule has 18 heavy (non-hydrogen) atoms. The Hall–Kier alpha value is -0.700. The number of hydrogen-bond donors (Lipinski definition) is 4. The topological polar surface area (TPSA) is 109 Å². The van der Waals surface area contributed by atoms with Crippen molar-refractivity contribution in [1.29, 1.82) is 0 Å². The lowest BCUT2D eigenvalue weighted by Gasteiger charge is -2.40. The highest BCUT2D eigenvalue weighted by molar-refractivity contribution is 7.99. The zero-order chi connectivity index (χ0) is 13.1. The number of aromatic nitrogens is 1. The van der Waals surface area contributed by atoms with E-state index in [0.29, 0.717) is 5.03 Å². The largest absolute Gasteiger partial charge is 0.394 e. The SMILES string of the molecule is N[C@@H]1[C@@H](O)[C@H](O)[C@@H](CO)O[C@H]1Sc1ccccn1. The molecule has 0 saturated carbocycles. The third-order valence-electron chi connectivity index (χ3n) is 2.80. The summed E-state index contributed by atoms with van der Waals surface area (Å²) >= 11 is 1.26. The number of aliphatic hydroxyl groups is 3. The Morgan fingerprint density at radius 3 is 2.72 bits per heavy atom. The summed E-state index contributed by atoms with van der Waals surface area (Å²) in [5, 5.41) is 29.2. The predicted octanol–water partition coefficient (Wildman–Crippen LogP) is -1.06. The summed E-state index contributed by atoms with van der Waals surface area (Å²) in [6.45, 7) is -0.371. The van der Waals surface area contributed by atoms with Crippen molar-refractivity contribution in [2.75, 3.05) is 6.61 Å². The van der Waals surface area contributed by atoms with Crippen LogP contribution in [0.5, 0.6) is 0 Å². The number of aliphatic hydroxyl groups excluding tert-OH is 3. The standard InChI is InChI=1S/C11H16N2O4S/c12-8-10(16)9(15)6(5-14)17-11(8)18-7-3-1-2-4-13-7/h1-4,6,8-11,14-16H,5,12H2/t6-,8-,9-,10-,11+/m1/s1. The van der Waals surface area contributed by atoms with E-state index in [1.165, 1.54) is 11.8 Å². The normalized spacial score (nSPS) is 36.6. The molecular formula is C11H16N2O4S. The van der Waals surface area contributed by atoms with E-state index in [2.05, 4.69) is 4.98 Å². The molecule has 2 rings (SSSR count). The molecule has 1 aromatic rings. The highest BCUT2D eigenvalue weighted by Gasteiger charge is 2.42. The van der Waals surface area contributed by atoms with Crippen molar-refractivity contribution in [3.8, 4) is 0 Å². The molecule has 6 nitrogen and oxygen atoms in total. The average Bonchev–Trinajstić information content (AvgIpc) is 2.40. The molecule has 1 saturated heterocycles. The van der Waals surface area contributed by atoms with E-state index >= 15 is 0 Å². The molecular weight excluding hydrogens is 256 g/mol. The van der Waals surface area contributed by atoms with E-state index in [4.69, 9.17) is 15.6 Å². The number of nitrogens with two attached hydrogens (primary N) is 1. The molecule has 0 bridgehead atoms. The van der Waals surface area contributed by atoms with Gasteiger partial charge in [0.15, 0.2) is 0 Å². The molecule has 1 aliphatic rings. The van der Waals surface area contributed by atoms with Gasteiger partial charge >= 0.3 is 0 Å². The van der Waals surface area contributed by atoms with E-state index in [1.54, 1.807) is 18.3 Å². The molecule has 0 aliphatic carbocycles. The van der Waals surface area contributed by atoms with E-state index in [9.17, 15) is 10.2 Å². The van der Waals surface area contributed by atoms with Gasteiger partial charge in [-0.25, -0.2) is 4.98 Å². The first-order valence-corrected chi connectivity index (χ1v) is 6.47. The first kappa shape index (κ1) is 13.7. The zero-order valence-corrected chi connectivity index (χ0v) is 10.4. The fourth-order valence-electron chi connectivity index (χ4n) is 1.75. The van der Waals surface area contributed by atoms with Gasteiger partial charge in [-0.2, -0.15) is 0 Å². The van der Waals surface area contributed by atoms with Crippen LogP contribution in [0, 0.1) is 0 Å². The summed E-state index contributed by atoms with van der Waals surface area (Å²) in [6.07, 6.45) is -1.49. The second-order valence-corrected chi connectivity index (χ2v) is 5.19. The lowest BCUT2D eigenvalue weighted by molar-refractivity contribution is -0.165. The van der Waals surface area contributed by atoms with Gasteiger partial charge in [-0.3, -0.25) is 0 Å². The Labute approximate surface area is 109 Å². The lowest BCUT2D eigenvalue weighted by atomic mass is 9.99. The van der Waals surface area contributed by atoms with Crippen LogP contribution in [0.15, 0.2) is 29.4 Å². The van der Waals surface area contributed by atoms with Gasteiger partial charge in [0.25, 0.3) is 0 Å². The highest BCUT2D eigenvalue weighted by atomic mass is 32.2. The minimum absolute atomic E-state index is 0.371. The number of hydrogen-bond acceptors (Lipinski definition) is 7. The van der Waals surface area contributed by atoms with Crippen molar-refractivity contribution in [2.24, 2.45) is 5.73 Å². The van der Waals surface area contributed by atoms with Crippen LogP contribution < -0.4 is 5.73 Å². The minimum Gasteiger partial charge on any atom is -0.394 e. The van der Waals surface area contributed by atoms with Crippen LogP contribution in [0.2, 0.25) is 0 Å². The number of ether oxygens (including phenoxy) is 1. The Bertz CT molecular complexity index is 379. The molecule has 1 aromatic heterocycles. The third-order valence-corrected chi connectivity index (χ3v) is 3.94. The molecule has 100 valence electrons. The second-order valence-electron chi connectivity index (χ2n) is 4.07. The average molecular weight is 272 g/mol. The van der Waals surface area contributed by atoms with E-state index < -0.39 is 29.8 Å². The Kier molecular flexibility index (Phi) is 4.55. The first-order chi connectivity index (χ1) is 8.63. The molecule has 1 aliphatic heterocycles. The maximum absolute atomic E-state index is 9.80. The third kappa shape index (κ3) is 2.82. The Balaban J connectivity index is 2.08. The quantitative estimate of drug-likeness (QED) is 0.555. The molecule has 2 heterocycles. The predicted molar refractivity (Wildman–Crippen MR) is 65.8 cm³/mol. The van der Waals surface area contributed by atoms with E-state index in [-0.39, 0.29) is 6.61 Å². The van der Waals surface area contributed by atoms with Crippen LogP contribution >= 0.6 is 11.8 Å². The van der Waals surface area contributed by atoms with Gasteiger partial charge in [-0.15, -0.1) is 0 Å². The maximum atomic E-state index is 9.80. The van der Waals surface area contributed by atoms with Crippen molar-refractivity contribution in [2.45, 2.75) is 34.8 Å². The fraction of sp³-hybridized carbons (Fsp3) is 0.545. The van der Waals surface area contributed by atoms with E-state index in [1.807, 2.05) is 6.07 Å². The number of thioether (sulfide) groups is 1. The first-order valence-electron chi connectivity index (χ1n) is 5.59. The van der Waals surface area contributed by atoms with Crippen molar-refractivity contribution >= 4 is 11.8 Å². The number of rotatable bonds is 3. The smallest absolute Gasteiger partial charge is 0.127 e. The monoisotopic (exact) mass is 272 g/mol. The highest BCUT2D eigenvalue weighted by Crippen LogP contribution is 2.31. The van der Waals surface area contributed by atoms with Gasteiger partial charge in [0.05, 0.1) is 17.7 Å². The molecule has 5 N–H and O–H groups in total. The maximum Gasteiger partial charge on any atom is 0.127 e. The lowest BCUT2D eigenvalue weighted by Crippen LogP contribution is -2.60. The van der Waals surface area contributed by atoms with Crippen LogP contribution in [0.3, 0.4) is 0 Å². The van der Waals surface area contributed by atoms with Crippen LogP contribution in [0.4, 0.5) is 0 Å². The summed E-state index contributed by atoms with van der Waals surface area (Å²) in [4.78, 5) is 4.12. The molecule has 0 aromatic carbocycles. The molecule has 0 amide bonds. The van der Waals surface area contributed by atoms with E-state index in [0.717, 1.165) is 0 Å². The van der Waals surface area contributed by atoms with Crippen LogP contribution in [0.1, 0.15) is 0 Å². The second kappa shape index (κ2) is 5.96. The van der Waals surface area contributed by atoms with Gasteiger partial charge in [-0.1, -0.05) is 17.8 Å². The van der Waals surface area contributed by atoms with Gasteiger partial charge in [0.1, 0.15) is 23.7 Å². The summed E-state index contributed by atoms with van der Waals surface area (Å²) in [6, 6.07) is 4.68. The summed E-state index contributed by atoms with van der Waals surface area (Å²) in [5.41, 5.74) is 5.25. The Morgan fingerprint density at radius 1 is 1.33 bits per heavy atom. The fourth-order valence-corrected chi connectivity index (χ4v) is 2.78. The van der Waals surface area contributed by atoms with Crippen molar-refractivity contribution in [3.05, 3.63) is 24.4 Å². The Morgan fingerprint density at radius 2 is 2.11 bits per heavy atom. The molecule has 5 atom stereocenters. The molecule has 0 radical (unpaired) electrons. The van der Waals surface area contributed by atoms with Gasteiger partial charge in [0, 0.05) is 6.20 Å². The molecule has 0 spiro atoms. The molecule has 7 heteroatoms. The number of pyridine rings is 1. The van der Waals surface area contributed by atoms with Crippen molar-refractivity contribution < 1.29 is 20.1 Å². The zero-order valence-electron chi connectivity index (χ0n) is 9.59. The van der Waals surface area contributed by atoms with Gasteiger partial charge in [-0.05, 0) is 12.1 Å². The minimum atomic E-state index is -1.18. The van der Waals surface area contributed by atoms with Gasteiger partial charge in [0.2, 0.25) is 0 Å². The summed E-state index contributed by atoms with van der Waals surface area (Å²) in [5.74, 6) is 0. The van der Waals surface area contributed by atoms with Crippen molar-refractivity contribution in [1.82, 2.24) is 4.98 Å². The van der Waals surface area contributed by atoms with Crippen LogP contribution in [-0.2, 0) is 4.74 Å². The van der Waals surface area contributed by atoms with Crippen molar-refractivity contribution in [3.63, 3.8) is 0 Å². The molecule has 0 unspecified atom stereocenters. The van der Waals surface area contributed by atoms with Crippen LogP contribution in [-0.4, -0.2) is 56.7 Å². The molecule has 1 fully saturated rings. The summed E-state index contributed by atoms with van der Waals surface area (Å²) < 4.78 is 5.47. The van der Waals surface area contributed by atoms with Gasteiger partial charge < -0.3 is 25.8 Å². The summed E-state index contributed by atoms with van der Waals surface area (Å²) in [7, 11) is 0. The van der Waals surface area contributed by atoms with Crippen LogP contribution in [0.25, 0.3) is 0 Å².